The molecule has 0 unspecified atom stereocenters. The van der Waals surface area contributed by atoms with Crippen LogP contribution in [0.1, 0.15) is 0 Å². The number of anilines is 1. The van der Waals surface area contributed by atoms with Crippen molar-refractivity contribution < 1.29 is 29.1 Å². The fourth-order valence-electron chi connectivity index (χ4n) is 1.44. The Kier molecular flexibility index (Phi) is 6.70. The van der Waals surface area contributed by atoms with Crippen LogP contribution in [0.3, 0.4) is 0 Å². The predicted molar refractivity (Wildman–Crippen MR) is 82.0 cm³/mol. The van der Waals surface area contributed by atoms with Crippen molar-refractivity contribution in [3.8, 4) is 0 Å². The van der Waals surface area contributed by atoms with E-state index in [9.17, 15) is 19.6 Å². The summed E-state index contributed by atoms with van der Waals surface area (Å²) in [6.45, 7) is 0. The second-order valence-electron chi connectivity index (χ2n) is 3.92. The molecule has 0 aliphatic rings. The molecule has 0 amide bonds. The van der Waals surface area contributed by atoms with Gasteiger partial charge in [-0.05, 0) is 12.1 Å². The average Bonchev–Trinajstić information content (AvgIpc) is 2.47. The van der Waals surface area contributed by atoms with Gasteiger partial charge in [-0.2, -0.15) is 0 Å². The van der Waals surface area contributed by atoms with Crippen LogP contribution in [0, 0.1) is 0 Å². The topological polar surface area (TPSA) is 105 Å². The van der Waals surface area contributed by atoms with Crippen LogP contribution < -0.4 is 10.8 Å². The lowest BCUT2D eigenvalue weighted by molar-refractivity contribution is -0.138. The molecule has 0 aromatic heterocycles. The third-order valence-electron chi connectivity index (χ3n) is 2.50. The Labute approximate surface area is 136 Å². The van der Waals surface area contributed by atoms with E-state index in [2.05, 4.69) is 14.8 Å². The van der Waals surface area contributed by atoms with E-state index in [1.807, 2.05) is 0 Å². The molecule has 22 heavy (non-hydrogen) atoms. The molecule has 0 spiro atoms. The van der Waals surface area contributed by atoms with Crippen molar-refractivity contribution >= 4 is 53.4 Å². The van der Waals surface area contributed by atoms with Crippen molar-refractivity contribution in [3.05, 3.63) is 34.0 Å². The molecule has 0 heterocycles. The van der Waals surface area contributed by atoms with Gasteiger partial charge in [0.05, 0.1) is 31.0 Å². The molecule has 0 fully saturated rings. The number of carbonyl (C=O) groups excluding carboxylic acids is 2. The van der Waals surface area contributed by atoms with Crippen LogP contribution in [-0.4, -0.2) is 43.3 Å². The van der Waals surface area contributed by atoms with Gasteiger partial charge in [0.2, 0.25) is 0 Å². The standard InChI is InChI=1S/C12H12BCl2NO6/c1-21-11(17)5-10(12(18)22-2)16-9-3-6(13(19)20)7(14)4-8(9)15/h3-5,16,19-20H,1-2H3/b10-5+. The first kappa shape index (κ1) is 18.3. The first-order valence-electron chi connectivity index (χ1n) is 5.80. The van der Waals surface area contributed by atoms with E-state index in [0.29, 0.717) is 0 Å². The largest absolute Gasteiger partial charge is 0.490 e. The highest BCUT2D eigenvalue weighted by molar-refractivity contribution is 6.63. The first-order chi connectivity index (χ1) is 10.3. The SMILES string of the molecule is COC(=O)/C=C(/Nc1cc(B(O)O)c(Cl)cc1Cl)C(=O)OC. The summed E-state index contributed by atoms with van der Waals surface area (Å²) >= 11 is 11.8. The van der Waals surface area contributed by atoms with Crippen LogP contribution in [0.15, 0.2) is 23.9 Å². The first-order valence-corrected chi connectivity index (χ1v) is 6.55. The second kappa shape index (κ2) is 8.04. The van der Waals surface area contributed by atoms with Crippen LogP contribution in [-0.2, 0) is 19.1 Å². The number of esters is 2. The van der Waals surface area contributed by atoms with Crippen molar-refractivity contribution in [2.45, 2.75) is 0 Å². The summed E-state index contributed by atoms with van der Waals surface area (Å²) in [5, 5.41) is 21.1. The third kappa shape index (κ3) is 4.64. The molecule has 7 nitrogen and oxygen atoms in total. The van der Waals surface area contributed by atoms with E-state index in [4.69, 9.17) is 23.2 Å². The minimum absolute atomic E-state index is 0.0297. The number of benzene rings is 1. The number of nitrogens with one attached hydrogen (secondary N) is 1. The summed E-state index contributed by atoms with van der Waals surface area (Å²) in [7, 11) is 0.432. The van der Waals surface area contributed by atoms with E-state index in [0.717, 1.165) is 20.3 Å². The van der Waals surface area contributed by atoms with E-state index >= 15 is 0 Å². The zero-order chi connectivity index (χ0) is 16.9. The van der Waals surface area contributed by atoms with Gasteiger partial charge >= 0.3 is 19.1 Å². The number of methoxy groups -OCH3 is 2. The van der Waals surface area contributed by atoms with Gasteiger partial charge in [-0.1, -0.05) is 23.2 Å². The van der Waals surface area contributed by atoms with Crippen molar-refractivity contribution in [1.82, 2.24) is 0 Å². The number of halogens is 2. The Morgan fingerprint density at radius 2 is 1.82 bits per heavy atom. The van der Waals surface area contributed by atoms with Crippen LogP contribution in [0.5, 0.6) is 0 Å². The van der Waals surface area contributed by atoms with Gasteiger partial charge in [0, 0.05) is 10.5 Å². The lowest BCUT2D eigenvalue weighted by atomic mass is 9.80. The highest BCUT2D eigenvalue weighted by Crippen LogP contribution is 2.25. The summed E-state index contributed by atoms with van der Waals surface area (Å²) in [5.74, 6) is -1.64. The Morgan fingerprint density at radius 1 is 1.18 bits per heavy atom. The lowest BCUT2D eigenvalue weighted by Gasteiger charge is -2.13. The molecule has 0 aliphatic heterocycles. The minimum Gasteiger partial charge on any atom is -0.466 e. The van der Waals surface area contributed by atoms with Crippen molar-refractivity contribution in [1.29, 1.82) is 0 Å². The molecule has 1 aromatic rings. The summed E-state index contributed by atoms with van der Waals surface area (Å²) in [6, 6.07) is 2.48. The number of hydrogen-bond donors (Lipinski definition) is 3. The highest BCUT2D eigenvalue weighted by atomic mass is 35.5. The molecule has 0 saturated carbocycles. The summed E-state index contributed by atoms with van der Waals surface area (Å²) in [4.78, 5) is 22.9. The fourth-order valence-corrected chi connectivity index (χ4v) is 1.97. The van der Waals surface area contributed by atoms with Gasteiger partial charge in [-0.25, -0.2) is 9.59 Å². The van der Waals surface area contributed by atoms with Crippen LogP contribution >= 0.6 is 23.2 Å². The van der Waals surface area contributed by atoms with E-state index in [1.165, 1.54) is 12.1 Å². The van der Waals surface area contributed by atoms with Gasteiger partial charge in [0.25, 0.3) is 0 Å². The lowest BCUT2D eigenvalue weighted by Crippen LogP contribution is -2.31. The molecule has 0 bridgehead atoms. The van der Waals surface area contributed by atoms with Crippen molar-refractivity contribution in [2.75, 3.05) is 19.5 Å². The Bertz CT molecular complexity index is 620. The molecule has 1 aromatic carbocycles. The number of carbonyl (C=O) groups is 2. The maximum atomic E-state index is 11.6. The average molecular weight is 348 g/mol. The second-order valence-corrected chi connectivity index (χ2v) is 4.74. The van der Waals surface area contributed by atoms with Crippen LogP contribution in [0.4, 0.5) is 5.69 Å². The van der Waals surface area contributed by atoms with Crippen molar-refractivity contribution in [3.63, 3.8) is 0 Å². The molecule has 3 N–H and O–H groups in total. The molecule has 0 saturated heterocycles. The number of rotatable bonds is 5. The summed E-state index contributed by atoms with van der Waals surface area (Å²) < 4.78 is 8.95. The fraction of sp³-hybridized carbons (Fsp3) is 0.167. The van der Waals surface area contributed by atoms with E-state index in [1.54, 1.807) is 0 Å². The monoisotopic (exact) mass is 347 g/mol. The maximum absolute atomic E-state index is 11.6. The molecule has 0 aliphatic carbocycles. The number of ether oxygens (including phenoxy) is 2. The quantitative estimate of drug-likeness (QED) is 0.400. The molecule has 1 rings (SSSR count). The number of hydrogen-bond acceptors (Lipinski definition) is 7. The molecule has 0 atom stereocenters. The van der Waals surface area contributed by atoms with Crippen LogP contribution in [0.25, 0.3) is 0 Å². The predicted octanol–water partition coefficient (Wildman–Crippen LogP) is 0.315. The van der Waals surface area contributed by atoms with Crippen molar-refractivity contribution in [2.24, 2.45) is 0 Å². The van der Waals surface area contributed by atoms with E-state index < -0.39 is 19.1 Å². The normalized spacial score (nSPS) is 10.9. The Morgan fingerprint density at radius 3 is 2.32 bits per heavy atom. The minimum atomic E-state index is -1.84. The highest BCUT2D eigenvalue weighted by Gasteiger charge is 2.20. The summed E-state index contributed by atoms with van der Waals surface area (Å²) in [6.07, 6.45) is 0.867. The van der Waals surface area contributed by atoms with Gasteiger partial charge in [0.1, 0.15) is 5.70 Å². The van der Waals surface area contributed by atoms with Gasteiger partial charge in [-0.15, -0.1) is 0 Å². The Balaban J connectivity index is 3.24. The third-order valence-corrected chi connectivity index (χ3v) is 3.14. The maximum Gasteiger partial charge on any atom is 0.490 e. The smallest absolute Gasteiger partial charge is 0.466 e. The van der Waals surface area contributed by atoms with Crippen LogP contribution in [0.2, 0.25) is 10.0 Å². The molecule has 10 heteroatoms. The van der Waals surface area contributed by atoms with E-state index in [-0.39, 0.29) is 26.9 Å². The Hall–Kier alpha value is -1.74. The summed E-state index contributed by atoms with van der Waals surface area (Å²) in [5.41, 5.74) is -0.164. The zero-order valence-corrected chi connectivity index (χ0v) is 13.1. The zero-order valence-electron chi connectivity index (χ0n) is 11.6. The molecular weight excluding hydrogens is 336 g/mol. The molecule has 0 radical (unpaired) electrons. The van der Waals surface area contributed by atoms with Gasteiger partial charge in [-0.3, -0.25) is 0 Å². The molecular formula is C12H12BCl2NO6. The molecule has 118 valence electrons. The van der Waals surface area contributed by atoms with Gasteiger partial charge in [0.15, 0.2) is 0 Å². The van der Waals surface area contributed by atoms with Gasteiger partial charge < -0.3 is 24.8 Å².